The Morgan fingerprint density at radius 3 is 2.46 bits per heavy atom. The lowest BCUT2D eigenvalue weighted by molar-refractivity contribution is 0.0373. The Balaban J connectivity index is 1.67. The van der Waals surface area contributed by atoms with Gasteiger partial charge in [-0.2, -0.15) is 4.31 Å². The van der Waals surface area contributed by atoms with Gasteiger partial charge in [0.15, 0.2) is 0 Å². The van der Waals surface area contributed by atoms with Crippen LogP contribution in [0.1, 0.15) is 40.9 Å². The number of carbonyl (C=O) groups is 1. The summed E-state index contributed by atoms with van der Waals surface area (Å²) in [7, 11) is -2.25. The molecule has 0 saturated heterocycles. The van der Waals surface area contributed by atoms with Crippen molar-refractivity contribution in [3.8, 4) is 17.7 Å². The van der Waals surface area contributed by atoms with Gasteiger partial charge in [-0.15, -0.1) is 0 Å². The maximum atomic E-state index is 13.6. The lowest BCUT2D eigenvalue weighted by atomic mass is 10.0. The van der Waals surface area contributed by atoms with E-state index in [1.807, 2.05) is 44.2 Å². The average molecular weight is 548 g/mol. The van der Waals surface area contributed by atoms with E-state index < -0.39 is 22.2 Å². The SMILES string of the molecule is Cc1ccc(S(=O)(=O)N(C)C[C@@H]2Oc3ncc(C#Cc4ccccc4)cc3C(=O)N([C@H](C)CO)C[C@@H]2C)cc1. The molecular weight excluding hydrogens is 514 g/mol. The number of aliphatic hydroxyl groups is 1. The first kappa shape index (κ1) is 28.3. The summed E-state index contributed by atoms with van der Waals surface area (Å²) in [5, 5.41) is 9.88. The number of benzene rings is 2. The van der Waals surface area contributed by atoms with Crippen molar-refractivity contribution in [1.29, 1.82) is 0 Å². The van der Waals surface area contributed by atoms with Crippen LogP contribution in [0.25, 0.3) is 0 Å². The molecule has 8 nitrogen and oxygen atoms in total. The predicted molar refractivity (Wildman–Crippen MR) is 149 cm³/mol. The van der Waals surface area contributed by atoms with E-state index in [0.29, 0.717) is 5.56 Å². The molecule has 1 N–H and O–H groups in total. The molecule has 0 saturated carbocycles. The number of amides is 1. The molecule has 1 aliphatic heterocycles. The van der Waals surface area contributed by atoms with Crippen LogP contribution in [0, 0.1) is 24.7 Å². The van der Waals surface area contributed by atoms with Crippen molar-refractivity contribution in [3.05, 3.63) is 89.1 Å². The number of aromatic nitrogens is 1. The highest BCUT2D eigenvalue weighted by atomic mass is 32.2. The summed E-state index contributed by atoms with van der Waals surface area (Å²) >= 11 is 0. The molecule has 3 atom stereocenters. The highest BCUT2D eigenvalue weighted by Crippen LogP contribution is 2.28. The Morgan fingerprint density at radius 1 is 1.13 bits per heavy atom. The van der Waals surface area contributed by atoms with Gasteiger partial charge in [-0.25, -0.2) is 13.4 Å². The van der Waals surface area contributed by atoms with Crippen molar-refractivity contribution >= 4 is 15.9 Å². The largest absolute Gasteiger partial charge is 0.472 e. The van der Waals surface area contributed by atoms with E-state index in [9.17, 15) is 18.3 Å². The Labute approximate surface area is 230 Å². The molecule has 1 amide bonds. The van der Waals surface area contributed by atoms with Gasteiger partial charge >= 0.3 is 0 Å². The molecule has 204 valence electrons. The molecule has 0 unspecified atom stereocenters. The number of carbonyl (C=O) groups excluding carboxylic acids is 1. The number of aliphatic hydroxyl groups excluding tert-OH is 1. The van der Waals surface area contributed by atoms with Crippen molar-refractivity contribution < 1.29 is 23.1 Å². The van der Waals surface area contributed by atoms with E-state index in [4.69, 9.17) is 4.74 Å². The van der Waals surface area contributed by atoms with Crippen LogP contribution in [0.4, 0.5) is 0 Å². The van der Waals surface area contributed by atoms with Crippen molar-refractivity contribution in [3.63, 3.8) is 0 Å². The van der Waals surface area contributed by atoms with E-state index in [1.54, 1.807) is 42.2 Å². The molecule has 1 aliphatic rings. The first-order valence-corrected chi connectivity index (χ1v) is 14.2. The van der Waals surface area contributed by atoms with Gasteiger partial charge in [-0.3, -0.25) is 4.79 Å². The van der Waals surface area contributed by atoms with Gasteiger partial charge in [0.25, 0.3) is 5.91 Å². The number of hydrogen-bond donors (Lipinski definition) is 1. The van der Waals surface area contributed by atoms with Gasteiger partial charge < -0.3 is 14.7 Å². The molecular formula is C30H33N3O5S. The second-order valence-corrected chi connectivity index (χ2v) is 12.0. The number of aryl methyl sites for hydroxylation is 1. The smallest absolute Gasteiger partial charge is 0.259 e. The standard InChI is InChI=1S/C30H33N3O5S/c1-21-10-14-26(15-11-21)39(36,37)32(4)19-28-22(2)18-33(23(3)20-34)30(35)27-16-25(17-31-29(27)38-28)13-12-24-8-6-5-7-9-24/h5-11,14-17,22-23,28,34H,18-20H2,1-4H3/t22-,23+,28-/m0/s1. The number of fused-ring (bicyclic) bond motifs is 1. The van der Waals surface area contributed by atoms with Gasteiger partial charge in [0, 0.05) is 36.8 Å². The number of hydrogen-bond acceptors (Lipinski definition) is 6. The van der Waals surface area contributed by atoms with Crippen LogP contribution in [0.3, 0.4) is 0 Å². The third-order valence-electron chi connectivity index (χ3n) is 6.81. The first-order valence-electron chi connectivity index (χ1n) is 12.8. The summed E-state index contributed by atoms with van der Waals surface area (Å²) < 4.78 is 34.0. The van der Waals surface area contributed by atoms with Crippen LogP contribution in [0.2, 0.25) is 0 Å². The zero-order valence-electron chi connectivity index (χ0n) is 22.5. The minimum Gasteiger partial charge on any atom is -0.472 e. The van der Waals surface area contributed by atoms with Crippen LogP contribution in [-0.2, 0) is 10.0 Å². The summed E-state index contributed by atoms with van der Waals surface area (Å²) in [6.45, 7) is 5.65. The average Bonchev–Trinajstić information content (AvgIpc) is 2.94. The molecule has 0 radical (unpaired) electrons. The number of rotatable bonds is 6. The van der Waals surface area contributed by atoms with Crippen molar-refractivity contribution in [2.45, 2.75) is 37.8 Å². The van der Waals surface area contributed by atoms with E-state index >= 15 is 0 Å². The normalized spacial score (nSPS) is 18.3. The molecule has 9 heteroatoms. The van der Waals surface area contributed by atoms with Gasteiger partial charge in [-0.05, 0) is 44.2 Å². The number of pyridine rings is 1. The molecule has 1 aromatic heterocycles. The Morgan fingerprint density at radius 2 is 1.79 bits per heavy atom. The lowest BCUT2D eigenvalue weighted by Gasteiger charge is -2.37. The van der Waals surface area contributed by atoms with Gasteiger partial charge in [0.05, 0.1) is 24.1 Å². The van der Waals surface area contributed by atoms with Crippen molar-refractivity contribution in [2.24, 2.45) is 5.92 Å². The number of likely N-dealkylation sites (N-methyl/N-ethyl adjacent to an activating group) is 1. The molecule has 4 rings (SSSR count). The molecule has 0 bridgehead atoms. The number of sulfonamides is 1. The number of ether oxygens (including phenoxy) is 1. The van der Waals surface area contributed by atoms with Crippen LogP contribution in [0.15, 0.2) is 71.8 Å². The quantitative estimate of drug-likeness (QED) is 0.476. The van der Waals surface area contributed by atoms with Crippen molar-refractivity contribution in [1.82, 2.24) is 14.2 Å². The molecule has 0 spiro atoms. The van der Waals surface area contributed by atoms with Gasteiger partial charge in [-0.1, -0.05) is 54.7 Å². The zero-order chi connectivity index (χ0) is 28.2. The molecule has 2 heterocycles. The second-order valence-electron chi connectivity index (χ2n) is 9.91. The topological polar surface area (TPSA) is 100 Å². The minimum absolute atomic E-state index is 0.0452. The van der Waals surface area contributed by atoms with Crippen molar-refractivity contribution in [2.75, 3.05) is 26.7 Å². The van der Waals surface area contributed by atoms with E-state index in [2.05, 4.69) is 16.8 Å². The molecule has 0 fully saturated rings. The molecule has 39 heavy (non-hydrogen) atoms. The molecule has 2 aromatic carbocycles. The van der Waals surface area contributed by atoms with E-state index in [0.717, 1.165) is 11.1 Å². The highest BCUT2D eigenvalue weighted by molar-refractivity contribution is 7.89. The predicted octanol–water partition coefficient (Wildman–Crippen LogP) is 3.33. The fourth-order valence-corrected chi connectivity index (χ4v) is 5.48. The van der Waals surface area contributed by atoms with Gasteiger partial charge in [0.2, 0.25) is 15.9 Å². The van der Waals surface area contributed by atoms with Crippen LogP contribution in [-0.4, -0.2) is 72.5 Å². The van der Waals surface area contributed by atoms with Crippen LogP contribution < -0.4 is 4.74 Å². The lowest BCUT2D eigenvalue weighted by Crippen LogP contribution is -2.50. The monoisotopic (exact) mass is 547 g/mol. The van der Waals surface area contributed by atoms with Crippen LogP contribution >= 0.6 is 0 Å². The third-order valence-corrected chi connectivity index (χ3v) is 8.65. The Bertz CT molecular complexity index is 1480. The summed E-state index contributed by atoms with van der Waals surface area (Å²) in [6, 6.07) is 17.3. The number of nitrogens with zero attached hydrogens (tertiary/aromatic N) is 3. The minimum atomic E-state index is -3.77. The van der Waals surface area contributed by atoms with E-state index in [1.165, 1.54) is 17.5 Å². The maximum absolute atomic E-state index is 13.6. The summed E-state index contributed by atoms with van der Waals surface area (Å²) in [5.74, 6) is 5.63. The first-order chi connectivity index (χ1) is 18.6. The summed E-state index contributed by atoms with van der Waals surface area (Å²) in [6.07, 6.45) is 0.932. The third kappa shape index (κ3) is 6.48. The summed E-state index contributed by atoms with van der Waals surface area (Å²) in [5.41, 5.74) is 2.55. The molecule has 3 aromatic rings. The Hall–Kier alpha value is -3.71. The zero-order valence-corrected chi connectivity index (χ0v) is 23.4. The molecule has 0 aliphatic carbocycles. The highest BCUT2D eigenvalue weighted by Gasteiger charge is 2.35. The summed E-state index contributed by atoms with van der Waals surface area (Å²) in [4.78, 5) is 19.8. The maximum Gasteiger partial charge on any atom is 0.259 e. The fourth-order valence-electron chi connectivity index (χ4n) is 4.30. The van der Waals surface area contributed by atoms with Gasteiger partial charge in [0.1, 0.15) is 11.7 Å². The second kappa shape index (κ2) is 12.0. The fraction of sp³-hybridized carbons (Fsp3) is 0.333. The Kier molecular flexibility index (Phi) is 8.70. The van der Waals surface area contributed by atoms with Crippen LogP contribution in [0.5, 0.6) is 5.88 Å². The van der Waals surface area contributed by atoms with E-state index in [-0.39, 0.29) is 47.9 Å².